The number of piperazine rings is 1. The van der Waals surface area contributed by atoms with Crippen molar-refractivity contribution >= 4 is 0 Å². The molecule has 1 atom stereocenters. The van der Waals surface area contributed by atoms with Gasteiger partial charge in [-0.05, 0) is 27.3 Å². The molecule has 92 valence electrons. The molecule has 1 aliphatic rings. The predicted octanol–water partition coefficient (Wildman–Crippen LogP) is 0.501. The van der Waals surface area contributed by atoms with Gasteiger partial charge in [0, 0.05) is 38.8 Å². The summed E-state index contributed by atoms with van der Waals surface area (Å²) in [5.41, 5.74) is 5.57. The highest BCUT2D eigenvalue weighted by Crippen LogP contribution is 2.20. The van der Waals surface area contributed by atoms with Crippen LogP contribution in [0.25, 0.3) is 0 Å². The highest BCUT2D eigenvalue weighted by atomic mass is 15.3. The van der Waals surface area contributed by atoms with E-state index in [1.165, 1.54) is 0 Å². The summed E-state index contributed by atoms with van der Waals surface area (Å²) in [6, 6.07) is 2.81. The van der Waals surface area contributed by atoms with Crippen molar-refractivity contribution in [1.29, 1.82) is 5.26 Å². The lowest BCUT2D eigenvalue weighted by atomic mass is 9.91. The lowest BCUT2D eigenvalue weighted by Gasteiger charge is -2.40. The van der Waals surface area contributed by atoms with E-state index in [4.69, 9.17) is 11.0 Å². The van der Waals surface area contributed by atoms with Gasteiger partial charge in [-0.15, -0.1) is 0 Å². The van der Waals surface area contributed by atoms with E-state index in [-0.39, 0.29) is 5.41 Å². The summed E-state index contributed by atoms with van der Waals surface area (Å²) >= 11 is 0. The summed E-state index contributed by atoms with van der Waals surface area (Å²) in [6.07, 6.45) is 0.920. The van der Waals surface area contributed by atoms with Crippen molar-refractivity contribution in [2.45, 2.75) is 26.3 Å². The second kappa shape index (κ2) is 5.62. The molecule has 16 heavy (non-hydrogen) atoms. The van der Waals surface area contributed by atoms with Gasteiger partial charge in [0.05, 0.1) is 11.5 Å². The number of rotatable bonds is 4. The highest BCUT2D eigenvalue weighted by molar-refractivity contribution is 4.93. The van der Waals surface area contributed by atoms with E-state index in [1.807, 2.05) is 13.8 Å². The summed E-state index contributed by atoms with van der Waals surface area (Å²) in [4.78, 5) is 4.75. The van der Waals surface area contributed by atoms with Crippen LogP contribution in [0.15, 0.2) is 0 Å². The molecule has 1 unspecified atom stereocenters. The van der Waals surface area contributed by atoms with Crippen LogP contribution in [0.5, 0.6) is 0 Å². The van der Waals surface area contributed by atoms with Crippen LogP contribution in [0.2, 0.25) is 0 Å². The molecule has 1 aliphatic heterocycles. The zero-order valence-electron chi connectivity index (χ0n) is 10.7. The first kappa shape index (κ1) is 13.4. The first-order valence-corrected chi connectivity index (χ1v) is 6.02. The molecule has 1 fully saturated rings. The molecule has 0 aromatic heterocycles. The minimum absolute atomic E-state index is 0.220. The SMILES string of the molecule is CN1CCN(CCC(C)(C)C#N)C(CN)C1. The molecule has 0 aromatic rings. The first-order valence-electron chi connectivity index (χ1n) is 6.02. The predicted molar refractivity (Wildman–Crippen MR) is 65.9 cm³/mol. The van der Waals surface area contributed by atoms with Crippen molar-refractivity contribution in [2.24, 2.45) is 11.1 Å². The number of nitrogens with two attached hydrogens (primary N) is 1. The van der Waals surface area contributed by atoms with Crippen LogP contribution in [-0.2, 0) is 0 Å². The van der Waals surface area contributed by atoms with E-state index in [9.17, 15) is 0 Å². The third-order valence-electron chi connectivity index (χ3n) is 3.41. The maximum Gasteiger partial charge on any atom is 0.0684 e. The van der Waals surface area contributed by atoms with Gasteiger partial charge in [-0.1, -0.05) is 0 Å². The Labute approximate surface area is 99.0 Å². The fourth-order valence-corrected chi connectivity index (χ4v) is 2.05. The minimum atomic E-state index is -0.220. The Hall–Kier alpha value is -0.630. The van der Waals surface area contributed by atoms with Gasteiger partial charge in [-0.2, -0.15) is 5.26 Å². The molecule has 0 aliphatic carbocycles. The fraction of sp³-hybridized carbons (Fsp3) is 0.917. The van der Waals surface area contributed by atoms with Gasteiger partial charge < -0.3 is 10.6 Å². The highest BCUT2D eigenvalue weighted by Gasteiger charge is 2.26. The molecule has 4 heteroatoms. The van der Waals surface area contributed by atoms with Gasteiger partial charge >= 0.3 is 0 Å². The molecule has 1 heterocycles. The van der Waals surface area contributed by atoms with Gasteiger partial charge in [-0.25, -0.2) is 0 Å². The van der Waals surface area contributed by atoms with Crippen LogP contribution < -0.4 is 5.73 Å². The van der Waals surface area contributed by atoms with Gasteiger partial charge in [0.1, 0.15) is 0 Å². The van der Waals surface area contributed by atoms with E-state index >= 15 is 0 Å². The smallest absolute Gasteiger partial charge is 0.0684 e. The number of likely N-dealkylation sites (N-methyl/N-ethyl adjacent to an activating group) is 1. The molecular weight excluding hydrogens is 200 g/mol. The molecule has 0 bridgehead atoms. The summed E-state index contributed by atoms with van der Waals surface area (Å²) in [7, 11) is 2.14. The van der Waals surface area contributed by atoms with Crippen LogP contribution in [0, 0.1) is 16.7 Å². The number of nitrogens with zero attached hydrogens (tertiary/aromatic N) is 3. The molecule has 0 spiro atoms. The van der Waals surface area contributed by atoms with Crippen molar-refractivity contribution in [3.8, 4) is 6.07 Å². The quantitative estimate of drug-likeness (QED) is 0.755. The van der Waals surface area contributed by atoms with Gasteiger partial charge in [0.25, 0.3) is 0 Å². The van der Waals surface area contributed by atoms with Gasteiger partial charge in [0.15, 0.2) is 0 Å². The second-order valence-corrected chi connectivity index (χ2v) is 5.43. The third-order valence-corrected chi connectivity index (χ3v) is 3.41. The Balaban J connectivity index is 2.44. The third kappa shape index (κ3) is 3.75. The monoisotopic (exact) mass is 224 g/mol. The van der Waals surface area contributed by atoms with E-state index < -0.39 is 0 Å². The lowest BCUT2D eigenvalue weighted by molar-refractivity contribution is 0.0867. The van der Waals surface area contributed by atoms with Gasteiger partial charge in [0.2, 0.25) is 0 Å². The van der Waals surface area contributed by atoms with E-state index in [0.29, 0.717) is 12.6 Å². The zero-order valence-corrected chi connectivity index (χ0v) is 10.7. The maximum absolute atomic E-state index is 8.99. The Kier molecular flexibility index (Phi) is 4.72. The Morgan fingerprint density at radius 1 is 1.44 bits per heavy atom. The lowest BCUT2D eigenvalue weighted by Crippen LogP contribution is -2.55. The second-order valence-electron chi connectivity index (χ2n) is 5.43. The zero-order chi connectivity index (χ0) is 12.2. The van der Waals surface area contributed by atoms with Crippen LogP contribution in [-0.4, -0.2) is 55.6 Å². The molecule has 1 saturated heterocycles. The normalized spacial score (nSPS) is 24.3. The summed E-state index contributed by atoms with van der Waals surface area (Å²) in [5, 5.41) is 8.99. The first-order chi connectivity index (χ1) is 7.48. The molecule has 0 saturated carbocycles. The molecule has 2 N–H and O–H groups in total. The largest absolute Gasteiger partial charge is 0.329 e. The topological polar surface area (TPSA) is 56.3 Å². The van der Waals surface area contributed by atoms with Crippen LogP contribution in [0.4, 0.5) is 0 Å². The maximum atomic E-state index is 8.99. The van der Waals surface area contributed by atoms with Crippen molar-refractivity contribution in [3.63, 3.8) is 0 Å². The average Bonchev–Trinajstić information content (AvgIpc) is 2.27. The van der Waals surface area contributed by atoms with Crippen molar-refractivity contribution < 1.29 is 0 Å². The van der Waals surface area contributed by atoms with Crippen LogP contribution in [0.3, 0.4) is 0 Å². The van der Waals surface area contributed by atoms with Crippen LogP contribution in [0.1, 0.15) is 20.3 Å². The number of hydrogen-bond donors (Lipinski definition) is 1. The van der Waals surface area contributed by atoms with Crippen molar-refractivity contribution in [2.75, 3.05) is 39.8 Å². The van der Waals surface area contributed by atoms with E-state index in [1.54, 1.807) is 0 Å². The van der Waals surface area contributed by atoms with Gasteiger partial charge in [-0.3, -0.25) is 4.90 Å². The molecule has 0 aromatic carbocycles. The van der Waals surface area contributed by atoms with Crippen molar-refractivity contribution in [1.82, 2.24) is 9.80 Å². The molecule has 4 nitrogen and oxygen atoms in total. The van der Waals surface area contributed by atoms with E-state index in [0.717, 1.165) is 32.6 Å². The molecule has 0 amide bonds. The number of hydrogen-bond acceptors (Lipinski definition) is 4. The molecular formula is C12H24N4. The average molecular weight is 224 g/mol. The minimum Gasteiger partial charge on any atom is -0.329 e. The summed E-state index contributed by atoms with van der Waals surface area (Å²) < 4.78 is 0. The standard InChI is InChI=1S/C12H24N4/c1-12(2,10-14)4-5-16-7-6-15(3)9-11(16)8-13/h11H,4-9,13H2,1-3H3. The Morgan fingerprint density at radius 3 is 2.69 bits per heavy atom. The Morgan fingerprint density at radius 2 is 2.12 bits per heavy atom. The number of nitriles is 1. The van der Waals surface area contributed by atoms with E-state index in [2.05, 4.69) is 22.9 Å². The summed E-state index contributed by atoms with van der Waals surface area (Å²) in [5.74, 6) is 0. The van der Waals surface area contributed by atoms with Crippen LogP contribution >= 0.6 is 0 Å². The van der Waals surface area contributed by atoms with Crippen molar-refractivity contribution in [3.05, 3.63) is 0 Å². The molecule has 1 rings (SSSR count). The fourth-order valence-electron chi connectivity index (χ4n) is 2.05. The summed E-state index contributed by atoms with van der Waals surface area (Å²) in [6.45, 7) is 8.90. The Bertz CT molecular complexity index is 256. The molecule has 0 radical (unpaired) electrons.